The summed E-state index contributed by atoms with van der Waals surface area (Å²) in [6.07, 6.45) is 7.15. The summed E-state index contributed by atoms with van der Waals surface area (Å²) < 4.78 is 16.0. The molecule has 1 aromatic carbocycles. The molecular formula is C22H30ClNO5. The summed E-state index contributed by atoms with van der Waals surface area (Å²) in [6, 6.07) is 3.54. The number of ether oxygens (including phenoxy) is 3. The van der Waals surface area contributed by atoms with Crippen molar-refractivity contribution in [3.05, 3.63) is 28.8 Å². The summed E-state index contributed by atoms with van der Waals surface area (Å²) >= 11 is 6.27. The lowest BCUT2D eigenvalue weighted by Gasteiger charge is -2.29. The Kier molecular flexibility index (Phi) is 8.83. The van der Waals surface area contributed by atoms with Crippen LogP contribution in [0.4, 0.5) is 0 Å². The molecule has 0 aromatic heterocycles. The normalized spacial score (nSPS) is 19.2. The molecule has 7 heteroatoms. The molecule has 0 aliphatic heterocycles. The van der Waals surface area contributed by atoms with Gasteiger partial charge in [-0.2, -0.15) is 0 Å². The van der Waals surface area contributed by atoms with Crippen LogP contribution in [0, 0.1) is 5.92 Å². The number of rotatable bonds is 8. The van der Waals surface area contributed by atoms with Gasteiger partial charge in [0, 0.05) is 12.1 Å². The molecule has 1 aliphatic rings. The van der Waals surface area contributed by atoms with Crippen molar-refractivity contribution in [2.24, 2.45) is 5.92 Å². The number of amides is 1. The zero-order valence-corrected chi connectivity index (χ0v) is 18.3. The summed E-state index contributed by atoms with van der Waals surface area (Å²) in [7, 11) is 1.52. The Labute approximate surface area is 177 Å². The Morgan fingerprint density at radius 1 is 1.28 bits per heavy atom. The molecule has 1 N–H and O–H groups in total. The van der Waals surface area contributed by atoms with E-state index in [4.69, 9.17) is 25.8 Å². The molecule has 160 valence electrons. The third-order valence-corrected chi connectivity index (χ3v) is 5.10. The maximum Gasteiger partial charge on any atom is 0.331 e. The first-order valence-corrected chi connectivity index (χ1v) is 10.4. The van der Waals surface area contributed by atoms with E-state index in [-0.39, 0.29) is 24.7 Å². The van der Waals surface area contributed by atoms with E-state index in [1.54, 1.807) is 18.2 Å². The van der Waals surface area contributed by atoms with Gasteiger partial charge in [0.05, 0.1) is 18.2 Å². The van der Waals surface area contributed by atoms with E-state index in [0.717, 1.165) is 19.3 Å². The van der Waals surface area contributed by atoms with Crippen molar-refractivity contribution in [2.75, 3.05) is 13.7 Å². The molecule has 1 amide bonds. The first-order valence-electron chi connectivity index (χ1n) is 9.98. The van der Waals surface area contributed by atoms with Crippen LogP contribution in [0.15, 0.2) is 18.2 Å². The van der Waals surface area contributed by atoms with Gasteiger partial charge in [-0.05, 0) is 56.4 Å². The fraction of sp³-hybridized carbons (Fsp3) is 0.545. The highest BCUT2D eigenvalue weighted by Crippen LogP contribution is 2.37. The second-order valence-corrected chi connectivity index (χ2v) is 7.98. The van der Waals surface area contributed by atoms with Gasteiger partial charge in [-0.15, -0.1) is 0 Å². The SMILES string of the molecule is COc1cc(/C=C/C(=O)OCC(=O)N[C@H]2CCCC[C@H]2C)cc(Cl)c1OC(C)C. The van der Waals surface area contributed by atoms with Crippen molar-refractivity contribution in [3.63, 3.8) is 0 Å². The highest BCUT2D eigenvalue weighted by molar-refractivity contribution is 6.32. The molecule has 1 saturated carbocycles. The molecule has 2 atom stereocenters. The van der Waals surface area contributed by atoms with Gasteiger partial charge in [0.15, 0.2) is 18.1 Å². The molecule has 0 unspecified atom stereocenters. The van der Waals surface area contributed by atoms with Gasteiger partial charge in [0.25, 0.3) is 5.91 Å². The Morgan fingerprint density at radius 3 is 2.66 bits per heavy atom. The standard InChI is InChI=1S/C22H30ClNO5/c1-14(2)29-22-17(23)11-16(12-19(22)27-4)9-10-21(26)28-13-20(25)24-18-8-6-5-7-15(18)3/h9-12,14-15,18H,5-8,13H2,1-4H3,(H,24,25)/b10-9+/t15-,18+/m1/s1. The quantitative estimate of drug-likeness (QED) is 0.496. The fourth-order valence-corrected chi connectivity index (χ4v) is 3.58. The van der Waals surface area contributed by atoms with E-state index in [2.05, 4.69) is 12.2 Å². The number of halogens is 1. The van der Waals surface area contributed by atoms with Crippen LogP contribution in [-0.2, 0) is 14.3 Å². The number of methoxy groups -OCH3 is 1. The molecule has 29 heavy (non-hydrogen) atoms. The minimum absolute atomic E-state index is 0.0551. The number of benzene rings is 1. The van der Waals surface area contributed by atoms with Crippen LogP contribution >= 0.6 is 11.6 Å². The smallest absolute Gasteiger partial charge is 0.331 e. The van der Waals surface area contributed by atoms with Crippen molar-refractivity contribution in [1.82, 2.24) is 5.32 Å². The van der Waals surface area contributed by atoms with Crippen LogP contribution in [0.1, 0.15) is 52.0 Å². The zero-order valence-electron chi connectivity index (χ0n) is 17.5. The van der Waals surface area contributed by atoms with Crippen LogP contribution in [-0.4, -0.2) is 37.7 Å². The molecule has 0 spiro atoms. The third kappa shape index (κ3) is 7.28. The van der Waals surface area contributed by atoms with E-state index in [1.165, 1.54) is 19.6 Å². The average Bonchev–Trinajstić information content (AvgIpc) is 2.68. The third-order valence-electron chi connectivity index (χ3n) is 4.82. The Balaban J connectivity index is 1.89. The van der Waals surface area contributed by atoms with Crippen LogP contribution in [0.2, 0.25) is 5.02 Å². The minimum Gasteiger partial charge on any atom is -0.493 e. The molecule has 1 aromatic rings. The maximum atomic E-state index is 12.0. The molecule has 1 fully saturated rings. The predicted octanol–water partition coefficient (Wildman–Crippen LogP) is 4.39. The molecular weight excluding hydrogens is 394 g/mol. The van der Waals surface area contributed by atoms with Gasteiger partial charge in [-0.25, -0.2) is 4.79 Å². The largest absolute Gasteiger partial charge is 0.493 e. The van der Waals surface area contributed by atoms with Crippen LogP contribution < -0.4 is 14.8 Å². The first kappa shape index (κ1) is 23.1. The predicted molar refractivity (Wildman–Crippen MR) is 113 cm³/mol. The van der Waals surface area contributed by atoms with Crippen LogP contribution in [0.5, 0.6) is 11.5 Å². The van der Waals surface area contributed by atoms with Gasteiger partial charge in [0.2, 0.25) is 0 Å². The summed E-state index contributed by atoms with van der Waals surface area (Å²) in [6.45, 7) is 5.63. The highest BCUT2D eigenvalue weighted by Gasteiger charge is 2.23. The van der Waals surface area contributed by atoms with E-state index in [9.17, 15) is 9.59 Å². The highest BCUT2D eigenvalue weighted by atomic mass is 35.5. The molecule has 0 bridgehead atoms. The van der Waals surface area contributed by atoms with Gasteiger partial charge in [-0.1, -0.05) is 31.4 Å². The van der Waals surface area contributed by atoms with Gasteiger partial charge in [0.1, 0.15) is 0 Å². The molecule has 0 radical (unpaired) electrons. The number of hydrogen-bond acceptors (Lipinski definition) is 5. The van der Waals surface area contributed by atoms with Crippen LogP contribution in [0.3, 0.4) is 0 Å². The maximum absolute atomic E-state index is 12.0. The van der Waals surface area contributed by atoms with E-state index in [0.29, 0.717) is 28.0 Å². The van der Waals surface area contributed by atoms with Crippen molar-refractivity contribution in [3.8, 4) is 11.5 Å². The summed E-state index contributed by atoms with van der Waals surface area (Å²) in [5, 5.41) is 3.34. The molecule has 2 rings (SSSR count). The number of carbonyl (C=O) groups is 2. The van der Waals surface area contributed by atoms with Gasteiger partial charge < -0.3 is 19.5 Å². The summed E-state index contributed by atoms with van der Waals surface area (Å²) in [5.41, 5.74) is 0.653. The van der Waals surface area contributed by atoms with E-state index < -0.39 is 5.97 Å². The van der Waals surface area contributed by atoms with Crippen LogP contribution in [0.25, 0.3) is 6.08 Å². The van der Waals surface area contributed by atoms with Gasteiger partial charge in [-0.3, -0.25) is 4.79 Å². The Hall–Kier alpha value is -2.21. The molecule has 6 nitrogen and oxygen atoms in total. The van der Waals surface area contributed by atoms with E-state index >= 15 is 0 Å². The lowest BCUT2D eigenvalue weighted by Crippen LogP contribution is -2.42. The summed E-state index contributed by atoms with van der Waals surface area (Å²) in [4.78, 5) is 24.0. The molecule has 0 heterocycles. The molecule has 1 aliphatic carbocycles. The van der Waals surface area contributed by atoms with Crippen molar-refractivity contribution >= 4 is 29.6 Å². The van der Waals surface area contributed by atoms with Gasteiger partial charge >= 0.3 is 5.97 Å². The van der Waals surface area contributed by atoms with E-state index in [1.807, 2.05) is 13.8 Å². The van der Waals surface area contributed by atoms with Crippen molar-refractivity contribution < 1.29 is 23.8 Å². The number of nitrogens with one attached hydrogen (secondary N) is 1. The lowest BCUT2D eigenvalue weighted by atomic mass is 9.86. The Bertz CT molecular complexity index is 747. The Morgan fingerprint density at radius 2 is 2.00 bits per heavy atom. The summed E-state index contributed by atoms with van der Waals surface area (Å²) in [5.74, 6) is 0.503. The second kappa shape index (κ2) is 11.1. The topological polar surface area (TPSA) is 73.9 Å². The minimum atomic E-state index is -0.602. The zero-order chi connectivity index (χ0) is 21.4. The second-order valence-electron chi connectivity index (χ2n) is 7.58. The number of carbonyl (C=O) groups excluding carboxylic acids is 2. The average molecular weight is 424 g/mol. The monoisotopic (exact) mass is 423 g/mol. The lowest BCUT2D eigenvalue weighted by molar-refractivity contribution is -0.144. The number of hydrogen-bond donors (Lipinski definition) is 1. The molecule has 0 saturated heterocycles. The fourth-order valence-electron chi connectivity index (χ4n) is 3.31. The number of esters is 1. The van der Waals surface area contributed by atoms with Crippen molar-refractivity contribution in [1.29, 1.82) is 0 Å². The van der Waals surface area contributed by atoms with Crippen molar-refractivity contribution in [2.45, 2.75) is 58.6 Å². The first-order chi connectivity index (χ1) is 13.8.